The molecule has 1 aliphatic heterocycles. The lowest BCUT2D eigenvalue weighted by molar-refractivity contribution is -0.0530. The number of aromatic amines is 1. The van der Waals surface area contributed by atoms with Gasteiger partial charge in [0.1, 0.15) is 5.75 Å². The van der Waals surface area contributed by atoms with Crippen LogP contribution in [0.5, 0.6) is 11.6 Å². The Morgan fingerprint density at radius 1 is 1.41 bits per heavy atom. The average Bonchev–Trinajstić information content (AvgIpc) is 3.03. The van der Waals surface area contributed by atoms with Crippen molar-refractivity contribution in [1.82, 2.24) is 9.88 Å². The lowest BCUT2D eigenvalue weighted by Crippen LogP contribution is -2.27. The number of hydrogen-bond acceptors (Lipinski definition) is 3. The van der Waals surface area contributed by atoms with Crippen LogP contribution in [0.1, 0.15) is 18.4 Å². The minimum absolute atomic E-state index is 0.165. The van der Waals surface area contributed by atoms with E-state index in [9.17, 15) is 8.78 Å². The summed E-state index contributed by atoms with van der Waals surface area (Å²) < 4.78 is 35.3. The number of nitrogens with one attached hydrogen (secondary N) is 1. The molecule has 0 spiro atoms. The van der Waals surface area contributed by atoms with Gasteiger partial charge in [-0.25, -0.2) is 0 Å². The molecule has 1 aromatic heterocycles. The van der Waals surface area contributed by atoms with Crippen LogP contribution in [0.15, 0.2) is 18.2 Å². The van der Waals surface area contributed by atoms with Crippen molar-refractivity contribution in [3.05, 3.63) is 23.8 Å². The summed E-state index contributed by atoms with van der Waals surface area (Å²) in [5.74, 6) is 0.870. The first-order valence-electron chi connectivity index (χ1n) is 7.42. The van der Waals surface area contributed by atoms with Crippen LogP contribution in [0.4, 0.5) is 8.78 Å². The third kappa shape index (κ3) is 2.88. The molecule has 0 aliphatic carbocycles. The van der Waals surface area contributed by atoms with Gasteiger partial charge >= 0.3 is 6.61 Å². The van der Waals surface area contributed by atoms with Gasteiger partial charge in [0.2, 0.25) is 5.88 Å². The molecule has 3 rings (SSSR count). The van der Waals surface area contributed by atoms with E-state index in [0.29, 0.717) is 18.2 Å². The standard InChI is InChI=1S/C16H20F2N2O2/c1-20-7-3-4-10(20)8-13-12-9-11(21-2)5-6-14(12)19-15(13)22-16(17)18/h5-6,9-10,16,19H,3-4,7-8H2,1-2H3/t10-/m1/s1. The van der Waals surface area contributed by atoms with Gasteiger partial charge in [0.05, 0.1) is 7.11 Å². The van der Waals surface area contributed by atoms with Gasteiger partial charge in [-0.1, -0.05) is 0 Å². The number of alkyl halides is 2. The van der Waals surface area contributed by atoms with E-state index >= 15 is 0 Å². The number of aromatic nitrogens is 1. The summed E-state index contributed by atoms with van der Waals surface area (Å²) in [5.41, 5.74) is 1.58. The van der Waals surface area contributed by atoms with Crippen LogP contribution in [-0.4, -0.2) is 43.2 Å². The summed E-state index contributed by atoms with van der Waals surface area (Å²) in [4.78, 5) is 5.23. The van der Waals surface area contributed by atoms with Crippen LogP contribution in [0.25, 0.3) is 10.9 Å². The van der Waals surface area contributed by atoms with Gasteiger partial charge in [-0.05, 0) is 51.1 Å². The smallest absolute Gasteiger partial charge is 0.388 e. The monoisotopic (exact) mass is 310 g/mol. The Balaban J connectivity index is 2.01. The van der Waals surface area contributed by atoms with Crippen LogP contribution in [0.2, 0.25) is 0 Å². The molecule has 1 atom stereocenters. The molecule has 0 unspecified atom stereocenters. The van der Waals surface area contributed by atoms with Crippen molar-refractivity contribution in [2.45, 2.75) is 31.9 Å². The van der Waals surface area contributed by atoms with Crippen molar-refractivity contribution in [3.63, 3.8) is 0 Å². The van der Waals surface area contributed by atoms with E-state index < -0.39 is 6.61 Å². The number of likely N-dealkylation sites (tertiary alicyclic amines) is 1. The first kappa shape index (κ1) is 15.1. The maximum atomic E-state index is 12.7. The zero-order chi connectivity index (χ0) is 15.7. The van der Waals surface area contributed by atoms with Crippen molar-refractivity contribution in [3.8, 4) is 11.6 Å². The first-order valence-corrected chi connectivity index (χ1v) is 7.42. The normalized spacial score (nSPS) is 19.2. The van der Waals surface area contributed by atoms with E-state index in [2.05, 4.69) is 16.9 Å². The van der Waals surface area contributed by atoms with E-state index in [-0.39, 0.29) is 5.88 Å². The van der Waals surface area contributed by atoms with Gasteiger partial charge in [0, 0.05) is 22.5 Å². The third-order valence-electron chi connectivity index (χ3n) is 4.39. The zero-order valence-electron chi connectivity index (χ0n) is 12.7. The number of methoxy groups -OCH3 is 1. The van der Waals surface area contributed by atoms with Crippen LogP contribution in [-0.2, 0) is 6.42 Å². The SMILES string of the molecule is COc1ccc2[nH]c(OC(F)F)c(C[C@H]3CCCN3C)c2c1. The highest BCUT2D eigenvalue weighted by atomic mass is 19.3. The van der Waals surface area contributed by atoms with Gasteiger partial charge in [-0.15, -0.1) is 0 Å². The maximum Gasteiger partial charge on any atom is 0.388 e. The van der Waals surface area contributed by atoms with Crippen LogP contribution in [0, 0.1) is 0 Å². The van der Waals surface area contributed by atoms with Gasteiger partial charge in [0.15, 0.2) is 0 Å². The predicted octanol–water partition coefficient (Wildman–Crippen LogP) is 3.41. The minimum Gasteiger partial charge on any atom is -0.497 e. The Morgan fingerprint density at radius 2 is 2.23 bits per heavy atom. The molecule has 0 bridgehead atoms. The number of rotatable bonds is 5. The summed E-state index contributed by atoms with van der Waals surface area (Å²) >= 11 is 0. The largest absolute Gasteiger partial charge is 0.497 e. The molecule has 120 valence electrons. The highest BCUT2D eigenvalue weighted by molar-refractivity contribution is 5.87. The number of likely N-dealkylation sites (N-methyl/N-ethyl adjacent to an activating group) is 1. The van der Waals surface area contributed by atoms with Gasteiger partial charge < -0.3 is 19.4 Å². The van der Waals surface area contributed by atoms with Crippen molar-refractivity contribution in [2.75, 3.05) is 20.7 Å². The summed E-state index contributed by atoms with van der Waals surface area (Å²) in [6.07, 6.45) is 2.89. The Kier molecular flexibility index (Phi) is 4.20. The summed E-state index contributed by atoms with van der Waals surface area (Å²) in [7, 11) is 3.66. The molecule has 0 radical (unpaired) electrons. The van der Waals surface area contributed by atoms with Crippen LogP contribution < -0.4 is 9.47 Å². The number of fused-ring (bicyclic) bond motifs is 1. The summed E-state index contributed by atoms with van der Waals surface area (Å²) in [5, 5.41) is 0.885. The average molecular weight is 310 g/mol. The molecule has 0 saturated carbocycles. The van der Waals surface area contributed by atoms with E-state index in [1.807, 2.05) is 12.1 Å². The number of hydrogen-bond donors (Lipinski definition) is 1. The Hall–Kier alpha value is -1.82. The Labute approximate surface area is 128 Å². The second-order valence-corrected chi connectivity index (χ2v) is 5.70. The quantitative estimate of drug-likeness (QED) is 0.919. The van der Waals surface area contributed by atoms with Crippen molar-refractivity contribution >= 4 is 10.9 Å². The van der Waals surface area contributed by atoms with E-state index in [4.69, 9.17) is 9.47 Å². The summed E-state index contributed by atoms with van der Waals surface area (Å²) in [6, 6.07) is 5.85. The molecule has 6 heteroatoms. The molecule has 2 aromatic rings. The van der Waals surface area contributed by atoms with Crippen molar-refractivity contribution in [1.29, 1.82) is 0 Å². The molecule has 1 saturated heterocycles. The fourth-order valence-corrected chi connectivity index (χ4v) is 3.19. The Bertz CT molecular complexity index is 657. The van der Waals surface area contributed by atoms with Crippen LogP contribution >= 0.6 is 0 Å². The molecular weight excluding hydrogens is 290 g/mol. The molecule has 1 fully saturated rings. The number of ether oxygens (including phenoxy) is 2. The van der Waals surface area contributed by atoms with Crippen LogP contribution in [0.3, 0.4) is 0 Å². The second-order valence-electron chi connectivity index (χ2n) is 5.70. The molecule has 1 aromatic carbocycles. The molecule has 0 amide bonds. The number of benzene rings is 1. The zero-order valence-corrected chi connectivity index (χ0v) is 12.7. The molecule has 22 heavy (non-hydrogen) atoms. The fraction of sp³-hybridized carbons (Fsp3) is 0.500. The molecule has 2 heterocycles. The number of H-pyrrole nitrogens is 1. The van der Waals surface area contributed by atoms with Gasteiger partial charge in [-0.3, -0.25) is 0 Å². The maximum absolute atomic E-state index is 12.7. The van der Waals surface area contributed by atoms with E-state index in [1.54, 1.807) is 13.2 Å². The van der Waals surface area contributed by atoms with Crippen molar-refractivity contribution < 1.29 is 18.3 Å². The predicted molar refractivity (Wildman–Crippen MR) is 80.8 cm³/mol. The molecule has 1 N–H and O–H groups in total. The lowest BCUT2D eigenvalue weighted by Gasteiger charge is -2.19. The van der Waals surface area contributed by atoms with E-state index in [1.165, 1.54) is 0 Å². The molecule has 4 nitrogen and oxygen atoms in total. The van der Waals surface area contributed by atoms with Gasteiger partial charge in [0.25, 0.3) is 0 Å². The van der Waals surface area contributed by atoms with Gasteiger partial charge in [-0.2, -0.15) is 8.78 Å². The lowest BCUT2D eigenvalue weighted by atomic mass is 10.0. The number of nitrogens with zero attached hydrogens (tertiary/aromatic N) is 1. The second kappa shape index (κ2) is 6.12. The minimum atomic E-state index is -2.84. The fourth-order valence-electron chi connectivity index (χ4n) is 3.19. The highest BCUT2D eigenvalue weighted by Gasteiger charge is 2.25. The third-order valence-corrected chi connectivity index (χ3v) is 4.39. The topological polar surface area (TPSA) is 37.5 Å². The summed E-state index contributed by atoms with van der Waals surface area (Å²) in [6.45, 7) is -1.79. The highest BCUT2D eigenvalue weighted by Crippen LogP contribution is 2.34. The number of halogens is 2. The Morgan fingerprint density at radius 3 is 2.86 bits per heavy atom. The molecular formula is C16H20F2N2O2. The molecule has 1 aliphatic rings. The van der Waals surface area contributed by atoms with E-state index in [0.717, 1.165) is 35.9 Å². The first-order chi connectivity index (χ1) is 10.6. The van der Waals surface area contributed by atoms with Crippen molar-refractivity contribution in [2.24, 2.45) is 0 Å².